The van der Waals surface area contributed by atoms with Gasteiger partial charge < -0.3 is 4.90 Å². The molecule has 0 amide bonds. The van der Waals surface area contributed by atoms with Crippen LogP contribution in [0.1, 0.15) is 5.56 Å². The van der Waals surface area contributed by atoms with E-state index >= 15 is 0 Å². The highest BCUT2D eigenvalue weighted by Crippen LogP contribution is 2.25. The summed E-state index contributed by atoms with van der Waals surface area (Å²) in [6.07, 6.45) is 8.38. The maximum atomic E-state index is 4.59. The fourth-order valence-electron chi connectivity index (χ4n) is 1.72. The fraction of sp³-hybridized carbons (Fsp3) is 0.0833. The molecule has 2 aliphatic heterocycles. The minimum atomic E-state index is 0.934. The van der Waals surface area contributed by atoms with Crippen molar-refractivity contribution in [3.63, 3.8) is 0 Å². The number of aliphatic imine (C=N–C) groups is 1. The van der Waals surface area contributed by atoms with Gasteiger partial charge in [-0.25, -0.2) is 4.99 Å². The number of hydrogen-bond acceptors (Lipinski definition) is 2. The second kappa shape index (κ2) is 2.84. The van der Waals surface area contributed by atoms with Crippen LogP contribution in [0, 0.1) is 0 Å². The summed E-state index contributed by atoms with van der Waals surface area (Å²) in [5.41, 5.74) is 2.23. The molecule has 14 heavy (non-hydrogen) atoms. The van der Waals surface area contributed by atoms with Crippen molar-refractivity contribution < 1.29 is 0 Å². The molecule has 0 bridgehead atoms. The number of benzene rings is 1. The van der Waals surface area contributed by atoms with Crippen LogP contribution in [-0.4, -0.2) is 17.3 Å². The van der Waals surface area contributed by atoms with Crippen LogP contribution >= 0.6 is 0 Å². The topological polar surface area (TPSA) is 15.6 Å². The van der Waals surface area contributed by atoms with E-state index in [1.165, 1.54) is 5.56 Å². The molecule has 0 fully saturated rings. The molecular weight excluding hydrogens is 172 g/mol. The summed E-state index contributed by atoms with van der Waals surface area (Å²) < 4.78 is 0. The van der Waals surface area contributed by atoms with Crippen molar-refractivity contribution in [1.29, 1.82) is 0 Å². The smallest absolute Gasteiger partial charge is 0.133 e. The van der Waals surface area contributed by atoms with E-state index in [9.17, 15) is 0 Å². The van der Waals surface area contributed by atoms with Crippen molar-refractivity contribution in [3.05, 3.63) is 48.2 Å². The molecule has 1 aromatic rings. The van der Waals surface area contributed by atoms with Gasteiger partial charge in [0.1, 0.15) is 5.84 Å². The van der Waals surface area contributed by atoms with Gasteiger partial charge in [0.25, 0.3) is 0 Å². The first-order valence-corrected chi connectivity index (χ1v) is 4.72. The molecule has 0 atom stereocenters. The highest BCUT2D eigenvalue weighted by molar-refractivity contribution is 5.99. The van der Waals surface area contributed by atoms with E-state index in [4.69, 9.17) is 0 Å². The van der Waals surface area contributed by atoms with Crippen LogP contribution in [0.3, 0.4) is 0 Å². The SMILES string of the molecule is C1=CC2=Nc3ccccc3C=CN2C1. The first-order valence-electron chi connectivity index (χ1n) is 4.72. The third-order valence-electron chi connectivity index (χ3n) is 2.47. The standard InChI is InChI=1S/C12H10N2/c1-2-5-11-10(4-1)7-9-14-8-3-6-12(14)13-11/h1-7,9H,8H2. The summed E-state index contributed by atoms with van der Waals surface area (Å²) in [4.78, 5) is 6.73. The summed E-state index contributed by atoms with van der Waals surface area (Å²) in [5, 5.41) is 0. The van der Waals surface area contributed by atoms with E-state index in [1.54, 1.807) is 0 Å². The molecule has 1 aromatic carbocycles. The lowest BCUT2D eigenvalue weighted by Crippen LogP contribution is -2.17. The largest absolute Gasteiger partial charge is 0.329 e. The molecule has 0 N–H and O–H groups in total. The van der Waals surface area contributed by atoms with Crippen LogP contribution in [0.4, 0.5) is 5.69 Å². The Labute approximate surface area is 82.9 Å². The van der Waals surface area contributed by atoms with Crippen molar-refractivity contribution in [1.82, 2.24) is 4.90 Å². The molecule has 0 saturated heterocycles. The Morgan fingerprint density at radius 3 is 3.07 bits per heavy atom. The molecule has 0 aromatic heterocycles. The first-order chi connectivity index (χ1) is 6.93. The lowest BCUT2D eigenvalue weighted by atomic mass is 10.2. The third kappa shape index (κ3) is 1.08. The minimum Gasteiger partial charge on any atom is -0.329 e. The molecule has 0 unspecified atom stereocenters. The average Bonchev–Trinajstić information content (AvgIpc) is 2.58. The zero-order chi connectivity index (χ0) is 9.38. The first kappa shape index (κ1) is 7.56. The zero-order valence-corrected chi connectivity index (χ0v) is 7.72. The number of fused-ring (bicyclic) bond motifs is 2. The van der Waals surface area contributed by atoms with Gasteiger partial charge in [0, 0.05) is 18.3 Å². The summed E-state index contributed by atoms with van der Waals surface area (Å²) in [6.45, 7) is 0.934. The van der Waals surface area contributed by atoms with E-state index in [1.807, 2.05) is 18.2 Å². The highest BCUT2D eigenvalue weighted by atomic mass is 15.2. The highest BCUT2D eigenvalue weighted by Gasteiger charge is 2.13. The molecule has 68 valence electrons. The van der Waals surface area contributed by atoms with E-state index in [0.717, 1.165) is 18.1 Å². The Balaban J connectivity index is 2.19. The maximum absolute atomic E-state index is 4.59. The zero-order valence-electron chi connectivity index (χ0n) is 7.72. The Hall–Kier alpha value is -1.83. The van der Waals surface area contributed by atoms with Gasteiger partial charge in [-0.15, -0.1) is 0 Å². The van der Waals surface area contributed by atoms with Gasteiger partial charge in [0.15, 0.2) is 0 Å². The van der Waals surface area contributed by atoms with Gasteiger partial charge in [0.05, 0.1) is 5.69 Å². The molecule has 2 nitrogen and oxygen atoms in total. The lowest BCUT2D eigenvalue weighted by Gasteiger charge is -2.10. The van der Waals surface area contributed by atoms with Crippen molar-refractivity contribution in [2.45, 2.75) is 0 Å². The second-order valence-electron chi connectivity index (χ2n) is 3.40. The van der Waals surface area contributed by atoms with Crippen LogP contribution in [0.25, 0.3) is 6.08 Å². The van der Waals surface area contributed by atoms with Gasteiger partial charge in [-0.2, -0.15) is 0 Å². The average molecular weight is 182 g/mol. The number of nitrogens with zero attached hydrogens (tertiary/aromatic N) is 2. The van der Waals surface area contributed by atoms with Gasteiger partial charge >= 0.3 is 0 Å². The summed E-state index contributed by atoms with van der Waals surface area (Å²) in [5.74, 6) is 1.03. The van der Waals surface area contributed by atoms with Crippen LogP contribution in [-0.2, 0) is 0 Å². The van der Waals surface area contributed by atoms with Crippen LogP contribution < -0.4 is 0 Å². The van der Waals surface area contributed by atoms with Crippen molar-refractivity contribution >= 4 is 17.6 Å². The van der Waals surface area contributed by atoms with Crippen molar-refractivity contribution in [2.24, 2.45) is 4.99 Å². The third-order valence-corrected chi connectivity index (χ3v) is 2.47. The number of hydrogen-bond donors (Lipinski definition) is 0. The van der Waals surface area contributed by atoms with Gasteiger partial charge in [-0.3, -0.25) is 0 Å². The number of amidine groups is 1. The Kier molecular flexibility index (Phi) is 1.53. The van der Waals surface area contributed by atoms with E-state index in [0.29, 0.717) is 0 Å². The summed E-state index contributed by atoms with van der Waals surface area (Å²) in [7, 11) is 0. The van der Waals surface area contributed by atoms with E-state index in [-0.39, 0.29) is 0 Å². The summed E-state index contributed by atoms with van der Waals surface area (Å²) in [6, 6.07) is 8.19. The van der Waals surface area contributed by atoms with E-state index in [2.05, 4.69) is 40.4 Å². The molecule has 2 heteroatoms. The number of para-hydroxylation sites is 1. The molecule has 0 spiro atoms. The van der Waals surface area contributed by atoms with Crippen molar-refractivity contribution in [2.75, 3.05) is 6.54 Å². The monoisotopic (exact) mass is 182 g/mol. The lowest BCUT2D eigenvalue weighted by molar-refractivity contribution is 0.649. The molecule has 0 aliphatic carbocycles. The quantitative estimate of drug-likeness (QED) is 0.602. The van der Waals surface area contributed by atoms with Crippen LogP contribution in [0.5, 0.6) is 0 Å². The molecule has 2 aliphatic rings. The molecule has 0 saturated carbocycles. The minimum absolute atomic E-state index is 0.934. The normalized spacial score (nSPS) is 17.4. The number of rotatable bonds is 0. The maximum Gasteiger partial charge on any atom is 0.133 e. The summed E-state index contributed by atoms with van der Waals surface area (Å²) >= 11 is 0. The molecular formula is C12H10N2. The Bertz CT molecular complexity index is 455. The van der Waals surface area contributed by atoms with Crippen LogP contribution in [0.15, 0.2) is 47.6 Å². The Morgan fingerprint density at radius 1 is 1.14 bits per heavy atom. The van der Waals surface area contributed by atoms with Gasteiger partial charge in [-0.1, -0.05) is 24.3 Å². The van der Waals surface area contributed by atoms with Gasteiger partial charge in [-0.05, 0) is 18.2 Å². The van der Waals surface area contributed by atoms with Crippen LogP contribution in [0.2, 0.25) is 0 Å². The fourth-order valence-corrected chi connectivity index (χ4v) is 1.72. The second-order valence-corrected chi connectivity index (χ2v) is 3.40. The van der Waals surface area contributed by atoms with Gasteiger partial charge in [0.2, 0.25) is 0 Å². The molecule has 2 heterocycles. The Morgan fingerprint density at radius 2 is 2.07 bits per heavy atom. The predicted octanol–water partition coefficient (Wildman–Crippen LogP) is 2.57. The van der Waals surface area contributed by atoms with Crippen molar-refractivity contribution in [3.8, 4) is 0 Å². The molecule has 0 radical (unpaired) electrons. The predicted molar refractivity (Wildman–Crippen MR) is 58.4 cm³/mol. The molecule has 3 rings (SSSR count). The van der Waals surface area contributed by atoms with E-state index < -0.39 is 0 Å².